The Balaban J connectivity index is 5.67. The van der Waals surface area contributed by atoms with Gasteiger partial charge in [-0.2, -0.15) is 0 Å². The predicted octanol–water partition coefficient (Wildman–Crippen LogP) is 26.1. The summed E-state index contributed by atoms with van der Waals surface area (Å²) in [6, 6.07) is 0. The molecule has 0 spiro atoms. The first-order chi connectivity index (χ1) is 56.7. The number of phosphoric ester groups is 2. The Morgan fingerprint density at radius 2 is 0.466 bits per heavy atom. The largest absolute Gasteiger partial charge is 0.472 e. The molecule has 0 aromatic rings. The van der Waals surface area contributed by atoms with E-state index >= 15 is 0 Å². The van der Waals surface area contributed by atoms with Crippen LogP contribution in [0.2, 0.25) is 0 Å². The van der Waals surface area contributed by atoms with E-state index in [0.717, 1.165) is 135 Å². The molecule has 3 N–H and O–H groups in total. The number of phosphoric acid groups is 2. The third-order valence-electron chi connectivity index (χ3n) is 16.5. The quantitative estimate of drug-likeness (QED) is 0.0169. The van der Waals surface area contributed by atoms with E-state index in [9.17, 15) is 43.2 Å². The van der Waals surface area contributed by atoms with Crippen LogP contribution in [-0.2, 0) is 65.4 Å². The fourth-order valence-electron chi connectivity index (χ4n) is 10.1. The molecule has 19 heteroatoms. The second-order valence-electron chi connectivity index (χ2n) is 27.3. The van der Waals surface area contributed by atoms with E-state index in [0.29, 0.717) is 44.9 Å². The highest BCUT2D eigenvalue weighted by Gasteiger charge is 2.30. The third kappa shape index (κ3) is 84.5. The van der Waals surface area contributed by atoms with Crippen LogP contribution in [-0.4, -0.2) is 96.7 Å². The zero-order valence-electron chi connectivity index (χ0n) is 71.0. The zero-order chi connectivity index (χ0) is 84.5. The molecular formula is C97H148O17P2. The lowest BCUT2D eigenvalue weighted by Crippen LogP contribution is -2.30. The molecule has 116 heavy (non-hydrogen) atoms. The summed E-state index contributed by atoms with van der Waals surface area (Å²) in [6.45, 7) is 4.25. The first kappa shape index (κ1) is 109. The first-order valence-electron chi connectivity index (χ1n) is 42.9. The minimum Gasteiger partial charge on any atom is -0.462 e. The van der Waals surface area contributed by atoms with Gasteiger partial charge < -0.3 is 33.8 Å². The van der Waals surface area contributed by atoms with Gasteiger partial charge in [-0.25, -0.2) is 9.13 Å². The van der Waals surface area contributed by atoms with Gasteiger partial charge in [-0.15, -0.1) is 0 Å². The fraction of sp³-hybridized carbons (Fsp3) is 0.526. The first-order valence-corrected chi connectivity index (χ1v) is 45.9. The number of aliphatic hydroxyl groups is 1. The SMILES string of the molecule is CC/C=C\C/C=C\C/C=C\C/C=C\C/C=C\C/C=C\CCC(=O)O[C@H](COC(=O)CC/C=C\C/C=C\C/C=C\C/C=C\C/C=C\CCCCC)COP(=O)(O)OC[C@H](O)COP(=O)(O)OC[C@@H](COC(=O)CCCCC/C=C\C/C=C\C/C=C\C/C=C\C/C=C\CC)OC(=O)CC/C=C\C/C=C\C/C=C\C/C=C\C/C=C\CCCCC. The molecule has 0 aromatic carbocycles. The van der Waals surface area contributed by atoms with Crippen LogP contribution in [0.25, 0.3) is 0 Å². The van der Waals surface area contributed by atoms with Crippen molar-refractivity contribution in [2.24, 2.45) is 0 Å². The highest BCUT2D eigenvalue weighted by molar-refractivity contribution is 7.47. The lowest BCUT2D eigenvalue weighted by Gasteiger charge is -2.21. The van der Waals surface area contributed by atoms with Gasteiger partial charge in [-0.05, 0) is 186 Å². The number of aliphatic hydroxyl groups excluding tert-OH is 1. The van der Waals surface area contributed by atoms with Gasteiger partial charge in [0.25, 0.3) is 0 Å². The summed E-state index contributed by atoms with van der Waals surface area (Å²) < 4.78 is 68.5. The van der Waals surface area contributed by atoms with E-state index in [1.165, 1.54) is 38.5 Å². The number of hydrogen-bond donors (Lipinski definition) is 3. The Bertz CT molecular complexity index is 3210. The van der Waals surface area contributed by atoms with Gasteiger partial charge in [0.2, 0.25) is 0 Å². The number of ether oxygens (including phenoxy) is 4. The molecule has 0 aliphatic carbocycles. The normalized spacial score (nSPS) is 15.0. The van der Waals surface area contributed by atoms with Gasteiger partial charge in [-0.1, -0.05) is 315 Å². The molecule has 2 unspecified atom stereocenters. The molecule has 0 rings (SSSR count). The molecule has 0 aromatic heterocycles. The second kappa shape index (κ2) is 85.5. The smallest absolute Gasteiger partial charge is 0.462 e. The molecule has 0 aliphatic heterocycles. The summed E-state index contributed by atoms with van der Waals surface area (Å²) in [6.07, 6.45) is 114. The van der Waals surface area contributed by atoms with Crippen LogP contribution in [0.1, 0.15) is 272 Å². The average molecular weight is 1650 g/mol. The van der Waals surface area contributed by atoms with Crippen molar-refractivity contribution < 1.29 is 80.2 Å². The molecule has 17 nitrogen and oxygen atoms in total. The van der Waals surface area contributed by atoms with Gasteiger partial charge in [0, 0.05) is 25.7 Å². The van der Waals surface area contributed by atoms with Crippen LogP contribution < -0.4 is 0 Å². The monoisotopic (exact) mass is 1650 g/mol. The Labute approximate surface area is 700 Å². The van der Waals surface area contributed by atoms with Gasteiger partial charge in [0.1, 0.15) is 19.3 Å². The topological polar surface area (TPSA) is 237 Å². The van der Waals surface area contributed by atoms with E-state index in [2.05, 4.69) is 228 Å². The van der Waals surface area contributed by atoms with Crippen molar-refractivity contribution in [3.05, 3.63) is 255 Å². The number of rotatable bonds is 77. The van der Waals surface area contributed by atoms with Crippen LogP contribution in [0.4, 0.5) is 0 Å². The lowest BCUT2D eigenvalue weighted by atomic mass is 10.1. The maximum atomic E-state index is 13.2. The van der Waals surface area contributed by atoms with E-state index in [1.54, 1.807) is 0 Å². The van der Waals surface area contributed by atoms with Crippen LogP contribution in [0.15, 0.2) is 255 Å². The number of carbonyl (C=O) groups is 4. The Morgan fingerprint density at radius 1 is 0.250 bits per heavy atom. The number of allylic oxidation sites excluding steroid dienone is 42. The van der Waals surface area contributed by atoms with E-state index in [-0.39, 0.29) is 25.7 Å². The molecule has 0 heterocycles. The standard InChI is InChI=1S/C97H148O17P2/c1-5-9-13-17-21-25-29-33-37-41-45-49-53-57-61-65-69-73-77-81-94(99)107-87-92(113-96(101)83-79-75-71-67-63-59-55-51-47-43-39-35-31-27-23-19-15-11-7-3)89-111-115(103,104)109-85-91(98)86-110-116(105,106)112-90-93(114-97(102)84-80-76-72-68-64-60-56-52-48-44-40-36-32-28-24-20-16-12-8-4)88-108-95(100)82-78-74-70-66-62-58-54-50-46-42-38-34-30-26-22-18-14-10-6-2/h9,12-13,16,21-28,33-40,45-52,57-64,70-72,74-76,91-93,98H,5-8,10-11,14-15,17-20,29-32,41-44,53-56,65-69,73,77-90H2,1-4H3,(H,103,104)(H,105,106)/b13-9-,16-12-,25-21-,26-22-,27-23-,28-24-,37-33-,38-34-,39-35-,40-36-,49-45-,50-46-,51-47-,52-48-,61-57-,62-58-,63-59-,64-60-,74-70-,75-71-,76-72-/t91-,92-,93-/m1/s1. The third-order valence-corrected chi connectivity index (χ3v) is 18.4. The zero-order valence-corrected chi connectivity index (χ0v) is 72.8. The van der Waals surface area contributed by atoms with Crippen molar-refractivity contribution in [3.63, 3.8) is 0 Å². The van der Waals surface area contributed by atoms with Gasteiger partial charge in [0.15, 0.2) is 12.2 Å². The number of hydrogen-bond acceptors (Lipinski definition) is 15. The molecule has 0 saturated carbocycles. The summed E-state index contributed by atoms with van der Waals surface area (Å²) in [5, 5.41) is 10.7. The van der Waals surface area contributed by atoms with Crippen LogP contribution in [0.5, 0.6) is 0 Å². The van der Waals surface area contributed by atoms with Crippen LogP contribution in [0, 0.1) is 0 Å². The minimum atomic E-state index is -5.04. The molecular weight excluding hydrogens is 1500 g/mol. The fourth-order valence-corrected chi connectivity index (χ4v) is 11.6. The van der Waals surface area contributed by atoms with E-state index < -0.39 is 97.5 Å². The average Bonchev–Trinajstić information content (AvgIpc) is 0.898. The van der Waals surface area contributed by atoms with Crippen molar-refractivity contribution >= 4 is 39.5 Å². The molecule has 0 radical (unpaired) electrons. The number of carbonyl (C=O) groups excluding carboxylic acids is 4. The number of unbranched alkanes of at least 4 members (excludes halogenated alkanes) is 9. The van der Waals surface area contributed by atoms with Gasteiger partial charge in [-0.3, -0.25) is 37.3 Å². The second-order valence-corrected chi connectivity index (χ2v) is 30.2. The molecule has 0 bridgehead atoms. The number of esters is 4. The van der Waals surface area contributed by atoms with Crippen molar-refractivity contribution in [3.8, 4) is 0 Å². The van der Waals surface area contributed by atoms with Gasteiger partial charge >= 0.3 is 39.5 Å². The highest BCUT2D eigenvalue weighted by Crippen LogP contribution is 2.45. The minimum absolute atomic E-state index is 0.00780. The van der Waals surface area contributed by atoms with Crippen molar-refractivity contribution in [2.45, 2.75) is 290 Å². The van der Waals surface area contributed by atoms with Crippen molar-refractivity contribution in [1.82, 2.24) is 0 Å². The van der Waals surface area contributed by atoms with Crippen molar-refractivity contribution in [2.75, 3.05) is 39.6 Å². The molecule has 0 fully saturated rings. The summed E-state index contributed by atoms with van der Waals surface area (Å²) in [4.78, 5) is 73.2. The maximum absolute atomic E-state index is 13.2. The summed E-state index contributed by atoms with van der Waals surface area (Å²) in [5.41, 5.74) is 0. The Hall–Kier alpha value is -7.40. The predicted molar refractivity (Wildman–Crippen MR) is 481 cm³/mol. The van der Waals surface area contributed by atoms with E-state index in [4.69, 9.17) is 37.0 Å². The summed E-state index contributed by atoms with van der Waals surface area (Å²) in [5.74, 6) is -2.54. The van der Waals surface area contributed by atoms with E-state index in [1.807, 2.05) is 54.7 Å². The Morgan fingerprint density at radius 3 is 0.724 bits per heavy atom. The summed E-state index contributed by atoms with van der Waals surface area (Å²) >= 11 is 0. The van der Waals surface area contributed by atoms with Crippen LogP contribution in [0.3, 0.4) is 0 Å². The molecule has 0 amide bonds. The van der Waals surface area contributed by atoms with Crippen molar-refractivity contribution in [1.29, 1.82) is 0 Å². The van der Waals surface area contributed by atoms with Crippen LogP contribution >= 0.6 is 15.6 Å². The molecule has 5 atom stereocenters. The lowest BCUT2D eigenvalue weighted by molar-refractivity contribution is -0.161. The highest BCUT2D eigenvalue weighted by atomic mass is 31.2. The van der Waals surface area contributed by atoms with Gasteiger partial charge in [0.05, 0.1) is 26.4 Å². The molecule has 648 valence electrons. The molecule has 0 saturated heterocycles. The maximum Gasteiger partial charge on any atom is 0.472 e. The molecule has 0 aliphatic rings. The summed E-state index contributed by atoms with van der Waals surface area (Å²) in [7, 11) is -10.1. The Kier molecular flexibility index (Phi) is 80.0.